The van der Waals surface area contributed by atoms with Crippen LogP contribution in [0.15, 0.2) is 24.3 Å². The molecule has 1 aromatic rings. The lowest BCUT2D eigenvalue weighted by molar-refractivity contribution is 0.0366. The molecular weight excluding hydrogens is 218 g/mol. The van der Waals surface area contributed by atoms with Crippen LogP contribution >= 0.6 is 0 Å². The number of ether oxygens (including phenoxy) is 1. The van der Waals surface area contributed by atoms with Gasteiger partial charge in [0.1, 0.15) is 0 Å². The van der Waals surface area contributed by atoms with E-state index in [1.807, 2.05) is 12.1 Å². The smallest absolute Gasteiger partial charge is 0.0952 e. The normalized spacial score (nSPS) is 19.4. The van der Waals surface area contributed by atoms with Crippen LogP contribution in [0.5, 0.6) is 0 Å². The van der Waals surface area contributed by atoms with Gasteiger partial charge in [-0.2, -0.15) is 0 Å². The molecule has 0 saturated carbocycles. The van der Waals surface area contributed by atoms with Crippen molar-refractivity contribution in [2.24, 2.45) is 0 Å². The standard InChI is InChI=1S/C13H19NO3/c15-8-11(9-16)14-7-13-12-4-2-1-3-10(12)5-6-17-13/h1-4,11,13-16H,5-9H2. The fourth-order valence-electron chi connectivity index (χ4n) is 2.11. The lowest BCUT2D eigenvalue weighted by atomic mass is 9.97. The number of benzene rings is 1. The minimum atomic E-state index is -0.271. The van der Waals surface area contributed by atoms with E-state index < -0.39 is 0 Å². The fraction of sp³-hybridized carbons (Fsp3) is 0.538. The van der Waals surface area contributed by atoms with Gasteiger partial charge in [0, 0.05) is 6.54 Å². The van der Waals surface area contributed by atoms with Crippen molar-refractivity contribution in [2.45, 2.75) is 18.6 Å². The summed E-state index contributed by atoms with van der Waals surface area (Å²) in [7, 11) is 0. The lowest BCUT2D eigenvalue weighted by Gasteiger charge is -2.27. The van der Waals surface area contributed by atoms with Crippen LogP contribution in [-0.2, 0) is 11.2 Å². The molecule has 4 heteroatoms. The molecule has 0 fully saturated rings. The molecule has 1 unspecified atom stereocenters. The molecule has 1 atom stereocenters. The predicted octanol–water partition coefficient (Wildman–Crippen LogP) is 0.243. The third-order valence-electron chi connectivity index (χ3n) is 3.13. The zero-order valence-corrected chi connectivity index (χ0v) is 9.80. The molecule has 94 valence electrons. The van der Waals surface area contributed by atoms with Gasteiger partial charge in [-0.1, -0.05) is 24.3 Å². The predicted molar refractivity (Wildman–Crippen MR) is 64.8 cm³/mol. The van der Waals surface area contributed by atoms with Gasteiger partial charge in [-0.05, 0) is 17.5 Å². The van der Waals surface area contributed by atoms with E-state index in [1.165, 1.54) is 11.1 Å². The summed E-state index contributed by atoms with van der Waals surface area (Å²) >= 11 is 0. The number of hydrogen-bond acceptors (Lipinski definition) is 4. The molecule has 0 amide bonds. The molecule has 2 rings (SSSR count). The molecule has 4 nitrogen and oxygen atoms in total. The average Bonchev–Trinajstić information content (AvgIpc) is 2.40. The molecular formula is C13H19NO3. The summed E-state index contributed by atoms with van der Waals surface area (Å²) in [5.74, 6) is 0. The summed E-state index contributed by atoms with van der Waals surface area (Å²) in [4.78, 5) is 0. The maximum Gasteiger partial charge on any atom is 0.0952 e. The largest absolute Gasteiger partial charge is 0.395 e. The minimum Gasteiger partial charge on any atom is -0.395 e. The first-order valence-corrected chi connectivity index (χ1v) is 5.99. The minimum absolute atomic E-state index is 0.0144. The summed E-state index contributed by atoms with van der Waals surface area (Å²) in [6.45, 7) is 1.21. The van der Waals surface area contributed by atoms with Crippen LogP contribution < -0.4 is 5.32 Å². The first-order valence-electron chi connectivity index (χ1n) is 5.99. The molecule has 1 aliphatic heterocycles. The van der Waals surface area contributed by atoms with Crippen molar-refractivity contribution in [1.29, 1.82) is 0 Å². The number of hydrogen-bond donors (Lipinski definition) is 3. The Morgan fingerprint density at radius 3 is 2.82 bits per heavy atom. The Bertz CT molecular complexity index is 352. The molecule has 1 aliphatic rings. The first kappa shape index (κ1) is 12.5. The van der Waals surface area contributed by atoms with Gasteiger partial charge in [-0.3, -0.25) is 0 Å². The molecule has 1 heterocycles. The maximum absolute atomic E-state index is 8.99. The molecule has 0 spiro atoms. The van der Waals surface area contributed by atoms with Crippen molar-refractivity contribution in [3.8, 4) is 0 Å². The summed E-state index contributed by atoms with van der Waals surface area (Å²) in [6.07, 6.45) is 0.969. The number of rotatable bonds is 5. The second-order valence-electron chi connectivity index (χ2n) is 4.28. The Morgan fingerprint density at radius 2 is 2.06 bits per heavy atom. The Morgan fingerprint density at radius 1 is 1.29 bits per heavy atom. The van der Waals surface area contributed by atoms with E-state index in [0.29, 0.717) is 6.54 Å². The number of fused-ring (bicyclic) bond motifs is 1. The van der Waals surface area contributed by atoms with Gasteiger partial charge in [0.25, 0.3) is 0 Å². The fourth-order valence-corrected chi connectivity index (χ4v) is 2.11. The van der Waals surface area contributed by atoms with Crippen LogP contribution in [0.3, 0.4) is 0 Å². The van der Waals surface area contributed by atoms with Crippen LogP contribution in [0.1, 0.15) is 17.2 Å². The van der Waals surface area contributed by atoms with Crippen LogP contribution in [0.2, 0.25) is 0 Å². The van der Waals surface area contributed by atoms with Crippen molar-refractivity contribution >= 4 is 0 Å². The zero-order chi connectivity index (χ0) is 12.1. The van der Waals surface area contributed by atoms with Gasteiger partial charge >= 0.3 is 0 Å². The van der Waals surface area contributed by atoms with Gasteiger partial charge < -0.3 is 20.3 Å². The van der Waals surface area contributed by atoms with E-state index in [0.717, 1.165) is 13.0 Å². The Hall–Kier alpha value is -0.940. The first-order chi connectivity index (χ1) is 8.35. The molecule has 0 saturated heterocycles. The van der Waals surface area contributed by atoms with Gasteiger partial charge in [0.05, 0.1) is 32.0 Å². The molecule has 17 heavy (non-hydrogen) atoms. The molecule has 0 aliphatic carbocycles. The SMILES string of the molecule is OCC(CO)NCC1OCCc2ccccc21. The van der Waals surface area contributed by atoms with Crippen molar-refractivity contribution in [2.75, 3.05) is 26.4 Å². The van der Waals surface area contributed by atoms with Crippen molar-refractivity contribution in [3.63, 3.8) is 0 Å². The molecule has 0 aromatic heterocycles. The van der Waals surface area contributed by atoms with E-state index in [2.05, 4.69) is 17.4 Å². The average molecular weight is 237 g/mol. The van der Waals surface area contributed by atoms with Crippen molar-refractivity contribution in [3.05, 3.63) is 35.4 Å². The van der Waals surface area contributed by atoms with Gasteiger partial charge in [0.15, 0.2) is 0 Å². The third-order valence-corrected chi connectivity index (χ3v) is 3.13. The summed E-state index contributed by atoms with van der Waals surface area (Å²) < 4.78 is 5.72. The molecule has 1 aromatic carbocycles. The highest BCUT2D eigenvalue weighted by Crippen LogP contribution is 2.26. The monoisotopic (exact) mass is 237 g/mol. The lowest BCUT2D eigenvalue weighted by Crippen LogP contribution is -2.39. The Labute approximate surface area is 101 Å². The summed E-state index contributed by atoms with van der Waals surface area (Å²) in [5.41, 5.74) is 2.54. The number of aliphatic hydroxyl groups is 2. The second-order valence-corrected chi connectivity index (χ2v) is 4.28. The number of aliphatic hydroxyl groups excluding tert-OH is 2. The maximum atomic E-state index is 8.99. The summed E-state index contributed by atoms with van der Waals surface area (Å²) in [5, 5.41) is 21.1. The Kier molecular flexibility index (Phi) is 4.50. The topological polar surface area (TPSA) is 61.7 Å². The zero-order valence-electron chi connectivity index (χ0n) is 9.80. The summed E-state index contributed by atoms with van der Waals surface area (Å²) in [6, 6.07) is 7.98. The molecule has 0 radical (unpaired) electrons. The van der Waals surface area contributed by atoms with Crippen molar-refractivity contribution in [1.82, 2.24) is 5.32 Å². The second kappa shape index (κ2) is 6.12. The van der Waals surface area contributed by atoms with Gasteiger partial charge in [0.2, 0.25) is 0 Å². The van der Waals surface area contributed by atoms with Crippen molar-refractivity contribution < 1.29 is 14.9 Å². The van der Waals surface area contributed by atoms with E-state index in [9.17, 15) is 0 Å². The highest BCUT2D eigenvalue weighted by atomic mass is 16.5. The van der Waals surface area contributed by atoms with E-state index in [4.69, 9.17) is 14.9 Å². The van der Waals surface area contributed by atoms with Crippen LogP contribution in [0.25, 0.3) is 0 Å². The van der Waals surface area contributed by atoms with E-state index >= 15 is 0 Å². The highest BCUT2D eigenvalue weighted by Gasteiger charge is 2.20. The number of nitrogens with one attached hydrogen (secondary N) is 1. The van der Waals surface area contributed by atoms with Gasteiger partial charge in [-0.25, -0.2) is 0 Å². The quantitative estimate of drug-likeness (QED) is 0.686. The van der Waals surface area contributed by atoms with Crippen LogP contribution in [0, 0.1) is 0 Å². The highest BCUT2D eigenvalue weighted by molar-refractivity contribution is 5.31. The van der Waals surface area contributed by atoms with Crippen LogP contribution in [0.4, 0.5) is 0 Å². The van der Waals surface area contributed by atoms with E-state index in [1.54, 1.807) is 0 Å². The van der Waals surface area contributed by atoms with Crippen LogP contribution in [-0.4, -0.2) is 42.6 Å². The molecule has 3 N–H and O–H groups in total. The van der Waals surface area contributed by atoms with E-state index in [-0.39, 0.29) is 25.4 Å². The third kappa shape index (κ3) is 3.04. The molecule has 0 bridgehead atoms. The Balaban J connectivity index is 1.99. The van der Waals surface area contributed by atoms with Gasteiger partial charge in [-0.15, -0.1) is 0 Å².